The molecule has 0 fully saturated rings. The van der Waals surface area contributed by atoms with Crippen LogP contribution >= 0.6 is 43.2 Å². The fourth-order valence-corrected chi connectivity index (χ4v) is 3.51. The van der Waals surface area contributed by atoms with Gasteiger partial charge in [-0.25, -0.2) is 0 Å². The average Bonchev–Trinajstić information content (AvgIpc) is 3.09. The lowest BCUT2D eigenvalue weighted by atomic mass is 10.2. The number of hydrogen-bond donors (Lipinski definition) is 1. The summed E-state index contributed by atoms with van der Waals surface area (Å²) in [6, 6.07) is 5.33. The van der Waals surface area contributed by atoms with Crippen LogP contribution in [0.3, 0.4) is 0 Å². The minimum absolute atomic E-state index is 0.374. The lowest BCUT2D eigenvalue weighted by molar-refractivity contribution is 0.368. The number of rotatable bonds is 3. The summed E-state index contributed by atoms with van der Waals surface area (Å²) in [5.41, 5.74) is 6.70. The Balaban J connectivity index is 1.94. The summed E-state index contributed by atoms with van der Waals surface area (Å²) in [6.45, 7) is 0. The van der Waals surface area contributed by atoms with E-state index in [1.54, 1.807) is 17.5 Å². The summed E-state index contributed by atoms with van der Waals surface area (Å²) in [4.78, 5) is 9.56. The molecule has 0 aliphatic heterocycles. The van der Waals surface area contributed by atoms with E-state index in [0.29, 0.717) is 17.4 Å². The first-order valence-electron chi connectivity index (χ1n) is 5.59. The normalized spacial score (nSPS) is 12.6. The van der Waals surface area contributed by atoms with Crippen LogP contribution < -0.4 is 5.73 Å². The van der Waals surface area contributed by atoms with Crippen LogP contribution in [-0.4, -0.2) is 15.1 Å². The van der Waals surface area contributed by atoms with Crippen LogP contribution in [0, 0.1) is 0 Å². The highest BCUT2D eigenvalue weighted by Gasteiger charge is 2.20. The molecule has 0 aliphatic carbocycles. The first kappa shape index (κ1) is 13.9. The number of nitrogens with zero attached hydrogens (tertiary/aromatic N) is 3. The molecule has 0 spiro atoms. The molecule has 102 valence electrons. The van der Waals surface area contributed by atoms with E-state index in [1.807, 2.05) is 23.6 Å². The summed E-state index contributed by atoms with van der Waals surface area (Å²) >= 11 is 8.33. The van der Waals surface area contributed by atoms with Crippen molar-refractivity contribution < 1.29 is 4.52 Å². The van der Waals surface area contributed by atoms with Gasteiger partial charge in [0.1, 0.15) is 11.7 Å². The third kappa shape index (κ3) is 2.69. The van der Waals surface area contributed by atoms with Crippen LogP contribution in [0.1, 0.15) is 16.8 Å². The van der Waals surface area contributed by atoms with Crippen molar-refractivity contribution in [2.24, 2.45) is 5.73 Å². The van der Waals surface area contributed by atoms with E-state index in [0.717, 1.165) is 13.8 Å². The topological polar surface area (TPSA) is 77.8 Å². The van der Waals surface area contributed by atoms with E-state index in [1.165, 1.54) is 0 Å². The predicted octanol–water partition coefficient (Wildman–Crippen LogP) is 3.77. The van der Waals surface area contributed by atoms with Crippen LogP contribution in [0.15, 0.2) is 43.2 Å². The van der Waals surface area contributed by atoms with Crippen molar-refractivity contribution >= 4 is 43.2 Å². The molecule has 1 atom stereocenters. The monoisotopic (exact) mass is 414 g/mol. The van der Waals surface area contributed by atoms with Gasteiger partial charge in [0.05, 0.1) is 0 Å². The second kappa shape index (κ2) is 5.72. The molecular formula is C12H8Br2N4OS. The quantitative estimate of drug-likeness (QED) is 0.704. The van der Waals surface area contributed by atoms with E-state index in [9.17, 15) is 0 Å². The number of halogens is 2. The van der Waals surface area contributed by atoms with Crippen LogP contribution in [-0.2, 0) is 0 Å². The van der Waals surface area contributed by atoms with Gasteiger partial charge in [-0.05, 0) is 49.4 Å². The van der Waals surface area contributed by atoms with Gasteiger partial charge in [-0.15, -0.1) is 11.3 Å². The highest BCUT2D eigenvalue weighted by Crippen LogP contribution is 2.28. The molecule has 5 nitrogen and oxygen atoms in total. The Morgan fingerprint density at radius 3 is 2.90 bits per heavy atom. The molecule has 0 aliphatic rings. The second-order valence-electron chi connectivity index (χ2n) is 3.93. The van der Waals surface area contributed by atoms with Crippen LogP contribution in [0.4, 0.5) is 0 Å². The zero-order valence-electron chi connectivity index (χ0n) is 9.96. The number of hydrogen-bond acceptors (Lipinski definition) is 6. The van der Waals surface area contributed by atoms with Gasteiger partial charge in [-0.1, -0.05) is 11.2 Å². The Hall–Kier alpha value is -1.09. The molecule has 0 bridgehead atoms. The third-order valence-electron chi connectivity index (χ3n) is 2.58. The zero-order chi connectivity index (χ0) is 14.1. The Labute approximate surface area is 135 Å². The number of pyridine rings is 1. The summed E-state index contributed by atoms with van der Waals surface area (Å²) in [5, 5.41) is 5.90. The molecule has 20 heavy (non-hydrogen) atoms. The highest BCUT2D eigenvalue weighted by atomic mass is 79.9. The van der Waals surface area contributed by atoms with Crippen molar-refractivity contribution in [3.8, 4) is 11.5 Å². The zero-order valence-corrected chi connectivity index (χ0v) is 13.9. The van der Waals surface area contributed by atoms with Crippen molar-refractivity contribution in [1.82, 2.24) is 15.1 Å². The highest BCUT2D eigenvalue weighted by molar-refractivity contribution is 9.11. The largest absolute Gasteiger partial charge is 0.337 e. The molecule has 3 aromatic rings. The molecule has 0 radical (unpaired) electrons. The minimum Gasteiger partial charge on any atom is -0.337 e. The lowest BCUT2D eigenvalue weighted by Gasteiger charge is -2.02. The van der Waals surface area contributed by atoms with E-state index in [2.05, 4.69) is 47.0 Å². The molecule has 0 saturated heterocycles. The van der Waals surface area contributed by atoms with Crippen molar-refractivity contribution in [3.63, 3.8) is 0 Å². The molecule has 1 unspecified atom stereocenters. The molecule has 0 amide bonds. The predicted molar refractivity (Wildman–Crippen MR) is 83.3 cm³/mol. The maximum Gasteiger partial charge on any atom is 0.249 e. The molecule has 0 saturated carbocycles. The Morgan fingerprint density at radius 2 is 2.20 bits per heavy atom. The Bertz CT molecular complexity index is 729. The van der Waals surface area contributed by atoms with Gasteiger partial charge in [0.25, 0.3) is 0 Å². The van der Waals surface area contributed by atoms with E-state index >= 15 is 0 Å². The third-order valence-corrected chi connectivity index (χ3v) is 4.57. The van der Waals surface area contributed by atoms with Gasteiger partial charge < -0.3 is 10.3 Å². The molecule has 3 rings (SSSR count). The Morgan fingerprint density at radius 1 is 1.35 bits per heavy atom. The second-order valence-corrected chi connectivity index (χ2v) is 6.68. The number of thiophene rings is 1. The standard InChI is InChI=1S/C12H8Br2N4OS/c13-6-4-7(14)10(16-5-6)11-17-12(19-18-11)9(15)8-2-1-3-20-8/h1-5,9H,15H2. The van der Waals surface area contributed by atoms with Crippen molar-refractivity contribution in [2.75, 3.05) is 0 Å². The number of aromatic nitrogens is 3. The van der Waals surface area contributed by atoms with Crippen LogP contribution in [0.2, 0.25) is 0 Å². The van der Waals surface area contributed by atoms with Crippen molar-refractivity contribution in [2.45, 2.75) is 6.04 Å². The lowest BCUT2D eigenvalue weighted by Crippen LogP contribution is -2.10. The smallest absolute Gasteiger partial charge is 0.249 e. The first-order chi connectivity index (χ1) is 9.65. The summed E-state index contributed by atoms with van der Waals surface area (Å²) in [5.74, 6) is 0.783. The molecule has 2 N–H and O–H groups in total. The van der Waals surface area contributed by atoms with Crippen molar-refractivity contribution in [1.29, 1.82) is 0 Å². The summed E-state index contributed by atoms with van der Waals surface area (Å²) in [6.07, 6.45) is 1.68. The van der Waals surface area contributed by atoms with Gasteiger partial charge in [-0.3, -0.25) is 4.98 Å². The van der Waals surface area contributed by atoms with Gasteiger partial charge in [0.15, 0.2) is 0 Å². The van der Waals surface area contributed by atoms with Gasteiger partial charge in [0.2, 0.25) is 11.7 Å². The minimum atomic E-state index is -0.412. The maximum atomic E-state index is 6.09. The molecular weight excluding hydrogens is 408 g/mol. The fourth-order valence-electron chi connectivity index (χ4n) is 1.63. The SMILES string of the molecule is NC(c1nc(-c2ncc(Br)cc2Br)no1)c1cccs1. The van der Waals surface area contributed by atoms with Gasteiger partial charge in [0, 0.05) is 20.0 Å². The maximum absolute atomic E-state index is 6.09. The summed E-state index contributed by atoms with van der Waals surface area (Å²) in [7, 11) is 0. The fraction of sp³-hybridized carbons (Fsp3) is 0.0833. The van der Waals surface area contributed by atoms with Gasteiger partial charge in [-0.2, -0.15) is 4.98 Å². The molecule has 3 heterocycles. The van der Waals surface area contributed by atoms with Gasteiger partial charge >= 0.3 is 0 Å². The van der Waals surface area contributed by atoms with E-state index < -0.39 is 6.04 Å². The number of nitrogens with two attached hydrogens (primary N) is 1. The van der Waals surface area contributed by atoms with Crippen LogP contribution in [0.5, 0.6) is 0 Å². The van der Waals surface area contributed by atoms with Crippen LogP contribution in [0.25, 0.3) is 11.5 Å². The first-order valence-corrected chi connectivity index (χ1v) is 8.05. The molecule has 8 heteroatoms. The molecule has 0 aromatic carbocycles. The van der Waals surface area contributed by atoms with E-state index in [4.69, 9.17) is 10.3 Å². The molecule has 3 aromatic heterocycles. The summed E-state index contributed by atoms with van der Waals surface area (Å²) < 4.78 is 6.89. The van der Waals surface area contributed by atoms with E-state index in [-0.39, 0.29) is 0 Å². The average molecular weight is 416 g/mol. The Kier molecular flexibility index (Phi) is 3.97. The van der Waals surface area contributed by atoms with Crippen molar-refractivity contribution in [3.05, 3.63) is 49.5 Å².